The van der Waals surface area contributed by atoms with E-state index in [1.54, 1.807) is 18.0 Å². The summed E-state index contributed by atoms with van der Waals surface area (Å²) in [5.41, 5.74) is 1.49. The number of anilines is 1. The smallest absolute Gasteiger partial charge is 0.251 e. The first-order valence-corrected chi connectivity index (χ1v) is 11.6. The molecule has 166 valence electrons. The van der Waals surface area contributed by atoms with Crippen LogP contribution in [0.1, 0.15) is 32.1 Å². The molecule has 1 aromatic heterocycles. The van der Waals surface area contributed by atoms with Crippen molar-refractivity contribution in [1.29, 1.82) is 0 Å². The van der Waals surface area contributed by atoms with Crippen molar-refractivity contribution in [2.75, 3.05) is 18.2 Å². The van der Waals surface area contributed by atoms with E-state index in [1.165, 1.54) is 18.2 Å². The third-order valence-electron chi connectivity index (χ3n) is 5.63. The number of benzene rings is 2. The maximum atomic E-state index is 12.6. The Morgan fingerprint density at radius 2 is 1.97 bits per heavy atom. The Labute approximate surface area is 190 Å². The molecule has 1 aliphatic heterocycles. The average molecular weight is 453 g/mol. The second kappa shape index (κ2) is 8.74. The van der Waals surface area contributed by atoms with E-state index in [1.807, 2.05) is 42.5 Å². The van der Waals surface area contributed by atoms with Gasteiger partial charge in [0.1, 0.15) is 12.1 Å². The molecule has 0 saturated heterocycles. The lowest BCUT2D eigenvalue weighted by molar-refractivity contribution is -0.113. The lowest BCUT2D eigenvalue weighted by Crippen LogP contribution is -2.40. The second-order valence-corrected chi connectivity index (χ2v) is 8.77. The van der Waals surface area contributed by atoms with E-state index in [2.05, 4.69) is 15.5 Å². The molecular formula is C23H24N4O4S. The maximum absolute atomic E-state index is 12.6. The third-order valence-corrected chi connectivity index (χ3v) is 6.57. The van der Waals surface area contributed by atoms with E-state index in [9.17, 15) is 4.79 Å². The average Bonchev–Trinajstić information content (AvgIpc) is 3.42. The van der Waals surface area contributed by atoms with Gasteiger partial charge in [0.15, 0.2) is 16.7 Å². The van der Waals surface area contributed by atoms with Crippen LogP contribution in [0.5, 0.6) is 17.2 Å². The summed E-state index contributed by atoms with van der Waals surface area (Å²) in [6.07, 6.45) is 6.83. The molecule has 1 amide bonds. The summed E-state index contributed by atoms with van der Waals surface area (Å²) < 4.78 is 19.5. The van der Waals surface area contributed by atoms with Gasteiger partial charge in [-0.25, -0.2) is 0 Å². The van der Waals surface area contributed by atoms with Crippen LogP contribution in [-0.2, 0) is 4.79 Å². The molecule has 32 heavy (non-hydrogen) atoms. The van der Waals surface area contributed by atoms with Crippen LogP contribution in [0, 0.1) is 0 Å². The number of nitrogens with zero attached hydrogens (tertiary/aromatic N) is 3. The number of hydrogen-bond donors (Lipinski definition) is 1. The van der Waals surface area contributed by atoms with Crippen LogP contribution in [0.4, 0.5) is 5.69 Å². The zero-order valence-corrected chi connectivity index (χ0v) is 18.6. The van der Waals surface area contributed by atoms with E-state index in [0.717, 1.165) is 37.1 Å². The van der Waals surface area contributed by atoms with E-state index < -0.39 is 5.79 Å². The Morgan fingerprint density at radius 3 is 2.81 bits per heavy atom. The van der Waals surface area contributed by atoms with Gasteiger partial charge < -0.3 is 19.5 Å². The molecule has 1 aliphatic carbocycles. The van der Waals surface area contributed by atoms with Gasteiger partial charge >= 0.3 is 0 Å². The molecule has 1 fully saturated rings. The molecule has 0 unspecified atom stereocenters. The number of ether oxygens (including phenoxy) is 3. The van der Waals surface area contributed by atoms with Gasteiger partial charge in [-0.2, -0.15) is 0 Å². The van der Waals surface area contributed by atoms with Crippen molar-refractivity contribution >= 4 is 23.4 Å². The van der Waals surface area contributed by atoms with Gasteiger partial charge in [-0.15, -0.1) is 10.2 Å². The highest BCUT2D eigenvalue weighted by molar-refractivity contribution is 7.99. The number of carbonyl (C=O) groups is 1. The summed E-state index contributed by atoms with van der Waals surface area (Å²) in [7, 11) is 1.62. The molecule has 5 rings (SSSR count). The SMILES string of the molecule is COc1ccccc1-n1cnnc1SCC(=O)Nc1ccc2c(c1)OC1(CCCCC1)O2. The zero-order chi connectivity index (χ0) is 22.0. The zero-order valence-electron chi connectivity index (χ0n) is 17.7. The van der Waals surface area contributed by atoms with Crippen molar-refractivity contribution < 1.29 is 19.0 Å². The van der Waals surface area contributed by atoms with Gasteiger partial charge in [0.2, 0.25) is 5.91 Å². The number of fused-ring (bicyclic) bond motifs is 1. The van der Waals surface area contributed by atoms with Gasteiger partial charge in [-0.3, -0.25) is 9.36 Å². The summed E-state index contributed by atoms with van der Waals surface area (Å²) >= 11 is 1.30. The first kappa shape index (κ1) is 20.7. The van der Waals surface area contributed by atoms with Gasteiger partial charge in [0, 0.05) is 24.6 Å². The molecule has 1 saturated carbocycles. The Kier molecular flexibility index (Phi) is 5.65. The summed E-state index contributed by atoms with van der Waals surface area (Å²) in [5, 5.41) is 11.7. The molecule has 8 nitrogen and oxygen atoms in total. The fourth-order valence-corrected chi connectivity index (χ4v) is 4.83. The van der Waals surface area contributed by atoms with Crippen LogP contribution in [0.3, 0.4) is 0 Å². The third kappa shape index (κ3) is 4.12. The Hall–Kier alpha value is -3.20. The molecule has 2 aromatic carbocycles. The number of hydrogen-bond acceptors (Lipinski definition) is 7. The molecule has 0 atom stereocenters. The Balaban J connectivity index is 1.22. The first-order valence-electron chi connectivity index (χ1n) is 10.6. The van der Waals surface area contributed by atoms with Crippen LogP contribution in [-0.4, -0.2) is 39.3 Å². The maximum Gasteiger partial charge on any atom is 0.251 e. The highest BCUT2D eigenvalue weighted by Crippen LogP contribution is 2.46. The van der Waals surface area contributed by atoms with Crippen LogP contribution in [0.25, 0.3) is 5.69 Å². The number of carbonyl (C=O) groups excluding carboxylic acids is 1. The van der Waals surface area contributed by atoms with E-state index in [0.29, 0.717) is 22.3 Å². The molecule has 9 heteroatoms. The van der Waals surface area contributed by atoms with E-state index in [-0.39, 0.29) is 11.7 Å². The molecular weight excluding hydrogens is 428 g/mol. The quantitative estimate of drug-likeness (QED) is 0.553. The number of thioether (sulfide) groups is 1. The summed E-state index contributed by atoms with van der Waals surface area (Å²) in [6.45, 7) is 0. The monoisotopic (exact) mass is 452 g/mol. The Morgan fingerprint density at radius 1 is 1.16 bits per heavy atom. The van der Waals surface area contributed by atoms with Crippen molar-refractivity contribution in [3.05, 3.63) is 48.8 Å². The minimum atomic E-state index is -0.526. The van der Waals surface area contributed by atoms with Crippen molar-refractivity contribution in [3.8, 4) is 22.9 Å². The standard InChI is InChI=1S/C23H24N4O4S/c1-29-18-8-4-3-7-17(18)27-15-24-26-22(27)32-14-21(28)25-16-9-10-19-20(13-16)31-23(30-19)11-5-2-6-12-23/h3-4,7-10,13,15H,2,5-6,11-12,14H2,1H3,(H,25,28). The first-order chi connectivity index (χ1) is 15.7. The Bertz CT molecular complexity index is 1130. The number of rotatable bonds is 6. The fraction of sp³-hybridized carbons (Fsp3) is 0.348. The van der Waals surface area contributed by atoms with Gasteiger partial charge in [-0.05, 0) is 37.1 Å². The van der Waals surface area contributed by atoms with Crippen LogP contribution in [0.2, 0.25) is 0 Å². The van der Waals surface area contributed by atoms with Crippen molar-refractivity contribution in [2.45, 2.75) is 43.0 Å². The number of para-hydroxylation sites is 2. The fourth-order valence-electron chi connectivity index (χ4n) is 4.11. The van der Waals surface area contributed by atoms with Crippen molar-refractivity contribution in [2.24, 2.45) is 0 Å². The van der Waals surface area contributed by atoms with Gasteiger partial charge in [0.05, 0.1) is 18.6 Å². The predicted molar refractivity (Wildman–Crippen MR) is 121 cm³/mol. The molecule has 0 bridgehead atoms. The van der Waals surface area contributed by atoms with Crippen LogP contribution < -0.4 is 19.5 Å². The van der Waals surface area contributed by atoms with Crippen LogP contribution >= 0.6 is 11.8 Å². The predicted octanol–water partition coefficient (Wildman–Crippen LogP) is 4.44. The second-order valence-electron chi connectivity index (χ2n) is 7.83. The van der Waals surface area contributed by atoms with Gasteiger partial charge in [0.25, 0.3) is 5.79 Å². The largest absolute Gasteiger partial charge is 0.495 e. The molecule has 2 aliphatic rings. The number of methoxy groups -OCH3 is 1. The topological polar surface area (TPSA) is 87.5 Å². The van der Waals surface area contributed by atoms with Crippen LogP contribution in [0.15, 0.2) is 53.9 Å². The highest BCUT2D eigenvalue weighted by Gasteiger charge is 2.42. The van der Waals surface area contributed by atoms with Crippen molar-refractivity contribution in [3.63, 3.8) is 0 Å². The molecule has 1 spiro atoms. The highest BCUT2D eigenvalue weighted by atomic mass is 32.2. The number of nitrogens with one attached hydrogen (secondary N) is 1. The molecule has 0 radical (unpaired) electrons. The van der Waals surface area contributed by atoms with E-state index in [4.69, 9.17) is 14.2 Å². The normalized spacial score (nSPS) is 16.2. The lowest BCUT2D eigenvalue weighted by Gasteiger charge is -2.31. The number of amides is 1. The molecule has 1 N–H and O–H groups in total. The number of aromatic nitrogens is 3. The molecule has 3 aromatic rings. The summed E-state index contributed by atoms with van der Waals surface area (Å²) in [6, 6.07) is 13.1. The minimum absolute atomic E-state index is 0.143. The lowest BCUT2D eigenvalue weighted by atomic mass is 9.94. The van der Waals surface area contributed by atoms with Gasteiger partial charge in [-0.1, -0.05) is 30.3 Å². The summed E-state index contributed by atoms with van der Waals surface area (Å²) in [4.78, 5) is 12.6. The summed E-state index contributed by atoms with van der Waals surface area (Å²) in [5.74, 6) is 1.65. The van der Waals surface area contributed by atoms with E-state index >= 15 is 0 Å². The van der Waals surface area contributed by atoms with Crippen molar-refractivity contribution in [1.82, 2.24) is 14.8 Å². The molecule has 2 heterocycles. The minimum Gasteiger partial charge on any atom is -0.495 e.